The van der Waals surface area contributed by atoms with Crippen LogP contribution in [0.5, 0.6) is 0 Å². The Morgan fingerprint density at radius 1 is 1.22 bits per heavy atom. The zero-order valence-corrected chi connectivity index (χ0v) is 10.7. The number of carbonyl (C=O) groups excluding carboxylic acids is 2. The molecular formula is C13H18N2O3. The highest BCUT2D eigenvalue weighted by Crippen LogP contribution is 2.10. The summed E-state index contributed by atoms with van der Waals surface area (Å²) in [5.74, 6) is -0.420. The number of rotatable bonds is 6. The van der Waals surface area contributed by atoms with Gasteiger partial charge in [0.1, 0.15) is 0 Å². The summed E-state index contributed by atoms with van der Waals surface area (Å²) in [4.78, 5) is 22.6. The van der Waals surface area contributed by atoms with Crippen LogP contribution in [0.2, 0.25) is 0 Å². The molecular weight excluding hydrogens is 232 g/mol. The molecule has 2 N–H and O–H groups in total. The van der Waals surface area contributed by atoms with Crippen LogP contribution in [0.15, 0.2) is 24.3 Å². The second kappa shape index (κ2) is 7.32. The SMILES string of the molecule is CCCOC(=O)c1ccc(NCC(=O)NC)cc1. The van der Waals surface area contributed by atoms with Crippen LogP contribution in [0.3, 0.4) is 0 Å². The first-order valence-electron chi connectivity index (χ1n) is 5.89. The Labute approximate surface area is 107 Å². The van der Waals surface area contributed by atoms with Crippen molar-refractivity contribution in [3.05, 3.63) is 29.8 Å². The van der Waals surface area contributed by atoms with Crippen molar-refractivity contribution in [2.45, 2.75) is 13.3 Å². The minimum atomic E-state index is -0.324. The molecule has 1 aromatic rings. The van der Waals surface area contributed by atoms with Gasteiger partial charge >= 0.3 is 5.97 Å². The second-order valence-corrected chi connectivity index (χ2v) is 3.74. The van der Waals surface area contributed by atoms with Crippen molar-refractivity contribution >= 4 is 17.6 Å². The van der Waals surface area contributed by atoms with Crippen molar-refractivity contribution in [2.24, 2.45) is 0 Å². The zero-order chi connectivity index (χ0) is 13.4. The van der Waals surface area contributed by atoms with E-state index in [2.05, 4.69) is 10.6 Å². The molecule has 0 aromatic heterocycles. The monoisotopic (exact) mass is 250 g/mol. The standard InChI is InChI=1S/C13H18N2O3/c1-3-8-18-13(17)10-4-6-11(7-5-10)15-9-12(16)14-2/h4-7,15H,3,8-9H2,1-2H3,(H,14,16). The van der Waals surface area contributed by atoms with E-state index in [1.165, 1.54) is 0 Å². The van der Waals surface area contributed by atoms with Gasteiger partial charge in [-0.1, -0.05) is 6.92 Å². The third kappa shape index (κ3) is 4.45. The molecule has 0 unspecified atom stereocenters. The second-order valence-electron chi connectivity index (χ2n) is 3.74. The van der Waals surface area contributed by atoms with Crippen molar-refractivity contribution in [1.29, 1.82) is 0 Å². The average Bonchev–Trinajstić information content (AvgIpc) is 2.42. The number of esters is 1. The molecule has 0 aliphatic rings. The predicted octanol–water partition coefficient (Wildman–Crippen LogP) is 1.41. The molecule has 5 heteroatoms. The van der Waals surface area contributed by atoms with Crippen molar-refractivity contribution in [3.8, 4) is 0 Å². The highest BCUT2D eigenvalue weighted by molar-refractivity contribution is 5.90. The molecule has 0 radical (unpaired) electrons. The number of likely N-dealkylation sites (N-methyl/N-ethyl adjacent to an activating group) is 1. The van der Waals surface area contributed by atoms with Crippen molar-refractivity contribution in [3.63, 3.8) is 0 Å². The van der Waals surface area contributed by atoms with E-state index in [1.54, 1.807) is 31.3 Å². The lowest BCUT2D eigenvalue weighted by Gasteiger charge is -2.06. The topological polar surface area (TPSA) is 67.4 Å². The number of ether oxygens (including phenoxy) is 1. The predicted molar refractivity (Wildman–Crippen MR) is 69.6 cm³/mol. The molecule has 0 atom stereocenters. The van der Waals surface area contributed by atoms with Gasteiger partial charge in [-0.25, -0.2) is 4.79 Å². The van der Waals surface area contributed by atoms with Crippen molar-refractivity contribution in [1.82, 2.24) is 5.32 Å². The van der Waals surface area contributed by atoms with Gasteiger partial charge in [-0.3, -0.25) is 4.79 Å². The molecule has 98 valence electrons. The van der Waals surface area contributed by atoms with Gasteiger partial charge in [0.2, 0.25) is 5.91 Å². The lowest BCUT2D eigenvalue weighted by atomic mass is 10.2. The molecule has 0 heterocycles. The minimum Gasteiger partial charge on any atom is -0.462 e. The molecule has 1 aromatic carbocycles. The summed E-state index contributed by atoms with van der Waals surface area (Å²) in [6, 6.07) is 6.82. The molecule has 5 nitrogen and oxygen atoms in total. The number of carbonyl (C=O) groups is 2. The molecule has 0 fully saturated rings. The number of nitrogens with one attached hydrogen (secondary N) is 2. The number of amides is 1. The summed E-state index contributed by atoms with van der Waals surface area (Å²) < 4.78 is 5.01. The molecule has 0 saturated heterocycles. The van der Waals surface area contributed by atoms with Crippen LogP contribution in [0, 0.1) is 0 Å². The van der Waals surface area contributed by atoms with E-state index in [4.69, 9.17) is 4.74 Å². The Balaban J connectivity index is 2.51. The minimum absolute atomic E-state index is 0.0959. The Kier molecular flexibility index (Phi) is 5.70. The molecule has 18 heavy (non-hydrogen) atoms. The van der Waals surface area contributed by atoms with Crippen LogP contribution < -0.4 is 10.6 Å². The highest BCUT2D eigenvalue weighted by atomic mass is 16.5. The number of hydrogen-bond donors (Lipinski definition) is 2. The van der Waals surface area contributed by atoms with E-state index in [1.807, 2.05) is 6.92 Å². The van der Waals surface area contributed by atoms with Gasteiger partial charge in [0.25, 0.3) is 0 Å². The average molecular weight is 250 g/mol. The Morgan fingerprint density at radius 3 is 2.44 bits per heavy atom. The van der Waals surface area contributed by atoms with E-state index in [0.29, 0.717) is 12.2 Å². The van der Waals surface area contributed by atoms with E-state index < -0.39 is 0 Å². The van der Waals surface area contributed by atoms with E-state index in [-0.39, 0.29) is 18.4 Å². The van der Waals surface area contributed by atoms with E-state index in [9.17, 15) is 9.59 Å². The van der Waals surface area contributed by atoms with Crippen molar-refractivity contribution in [2.75, 3.05) is 25.5 Å². The van der Waals surface area contributed by atoms with Crippen LogP contribution in [-0.4, -0.2) is 32.1 Å². The largest absolute Gasteiger partial charge is 0.462 e. The fourth-order valence-corrected chi connectivity index (χ4v) is 1.27. The quantitative estimate of drug-likeness (QED) is 0.749. The summed E-state index contributed by atoms with van der Waals surface area (Å²) in [5, 5.41) is 5.45. The summed E-state index contributed by atoms with van der Waals surface area (Å²) >= 11 is 0. The fourth-order valence-electron chi connectivity index (χ4n) is 1.27. The normalized spacial score (nSPS) is 9.67. The molecule has 0 saturated carbocycles. The molecule has 0 aliphatic carbocycles. The Hall–Kier alpha value is -2.04. The zero-order valence-electron chi connectivity index (χ0n) is 10.7. The number of benzene rings is 1. The van der Waals surface area contributed by atoms with E-state index >= 15 is 0 Å². The van der Waals surface area contributed by atoms with Gasteiger partial charge in [-0.15, -0.1) is 0 Å². The van der Waals surface area contributed by atoms with Crippen LogP contribution in [0.1, 0.15) is 23.7 Å². The van der Waals surface area contributed by atoms with Crippen molar-refractivity contribution < 1.29 is 14.3 Å². The Morgan fingerprint density at radius 2 is 1.89 bits per heavy atom. The molecule has 1 amide bonds. The maximum atomic E-state index is 11.5. The maximum Gasteiger partial charge on any atom is 0.338 e. The van der Waals surface area contributed by atoms with Gasteiger partial charge in [0.15, 0.2) is 0 Å². The smallest absolute Gasteiger partial charge is 0.338 e. The first-order chi connectivity index (χ1) is 8.67. The first kappa shape index (κ1) is 14.0. The first-order valence-corrected chi connectivity index (χ1v) is 5.89. The molecule has 1 rings (SSSR count). The maximum absolute atomic E-state index is 11.5. The van der Waals surface area contributed by atoms with Crippen LogP contribution in [0.4, 0.5) is 5.69 Å². The summed E-state index contributed by atoms with van der Waals surface area (Å²) in [6.07, 6.45) is 0.803. The number of hydrogen-bond acceptors (Lipinski definition) is 4. The third-order valence-corrected chi connectivity index (χ3v) is 2.29. The third-order valence-electron chi connectivity index (χ3n) is 2.29. The van der Waals surface area contributed by atoms with Gasteiger partial charge in [-0.2, -0.15) is 0 Å². The summed E-state index contributed by atoms with van der Waals surface area (Å²) in [6.45, 7) is 2.57. The van der Waals surface area contributed by atoms with Gasteiger partial charge in [0.05, 0.1) is 18.7 Å². The number of anilines is 1. The van der Waals surface area contributed by atoms with E-state index in [0.717, 1.165) is 12.1 Å². The van der Waals surface area contributed by atoms with Gasteiger partial charge in [0, 0.05) is 12.7 Å². The lowest BCUT2D eigenvalue weighted by molar-refractivity contribution is -0.118. The Bertz CT molecular complexity index is 401. The van der Waals surface area contributed by atoms with Gasteiger partial charge < -0.3 is 15.4 Å². The lowest BCUT2D eigenvalue weighted by Crippen LogP contribution is -2.26. The van der Waals surface area contributed by atoms with Gasteiger partial charge in [-0.05, 0) is 30.7 Å². The van der Waals surface area contributed by atoms with Crippen LogP contribution in [0.25, 0.3) is 0 Å². The summed E-state index contributed by atoms with van der Waals surface area (Å²) in [5.41, 5.74) is 1.29. The molecule has 0 aliphatic heterocycles. The fraction of sp³-hybridized carbons (Fsp3) is 0.385. The molecule has 0 spiro atoms. The van der Waals surface area contributed by atoms with Crippen LogP contribution >= 0.6 is 0 Å². The highest BCUT2D eigenvalue weighted by Gasteiger charge is 2.06. The van der Waals surface area contributed by atoms with Crippen LogP contribution in [-0.2, 0) is 9.53 Å². The summed E-state index contributed by atoms with van der Waals surface area (Å²) in [7, 11) is 1.58. The molecule has 0 bridgehead atoms.